The van der Waals surface area contributed by atoms with E-state index in [1.807, 2.05) is 12.1 Å². The van der Waals surface area contributed by atoms with Crippen LogP contribution in [0.5, 0.6) is 0 Å². The Kier molecular flexibility index (Phi) is 5.09. The fourth-order valence-corrected chi connectivity index (χ4v) is 4.59. The van der Waals surface area contributed by atoms with Crippen molar-refractivity contribution in [3.8, 4) is 0 Å². The van der Waals surface area contributed by atoms with E-state index in [0.29, 0.717) is 11.8 Å². The van der Waals surface area contributed by atoms with Crippen LogP contribution in [0.25, 0.3) is 0 Å². The van der Waals surface area contributed by atoms with Crippen molar-refractivity contribution in [3.05, 3.63) is 64.7 Å². The summed E-state index contributed by atoms with van der Waals surface area (Å²) in [6.07, 6.45) is 3.79. The molecule has 2 aromatic rings. The lowest BCUT2D eigenvalue weighted by atomic mass is 10.0. The number of allylic oxidation sites excluding steroid dienone is 1. The highest BCUT2D eigenvalue weighted by atomic mass is 35.5. The summed E-state index contributed by atoms with van der Waals surface area (Å²) in [6.45, 7) is 12.8. The van der Waals surface area contributed by atoms with Gasteiger partial charge in [0.05, 0.1) is 5.69 Å². The largest absolute Gasteiger partial charge is 0.371 e. The molecule has 1 aliphatic carbocycles. The Balaban J connectivity index is 1.41. The second-order valence-corrected chi connectivity index (χ2v) is 8.31. The van der Waals surface area contributed by atoms with Gasteiger partial charge < -0.3 is 9.80 Å². The lowest BCUT2D eigenvalue weighted by molar-refractivity contribution is 0.315. The second kappa shape index (κ2) is 7.51. The topological polar surface area (TPSA) is 32.3 Å². The average Bonchev–Trinajstić information content (AvgIpc) is 2.98. The number of nitrogens with zero attached hydrogens (tertiary/aromatic N) is 4. The van der Waals surface area contributed by atoms with Gasteiger partial charge in [-0.05, 0) is 36.0 Å². The zero-order valence-electron chi connectivity index (χ0n) is 16.2. The Morgan fingerprint density at radius 1 is 1.07 bits per heavy atom. The first-order valence-electron chi connectivity index (χ1n) is 9.80. The summed E-state index contributed by atoms with van der Waals surface area (Å²) in [6, 6.07) is 8.05. The normalized spacial score (nSPS) is 22.0. The molecule has 2 aliphatic rings. The third-order valence-electron chi connectivity index (χ3n) is 5.91. The van der Waals surface area contributed by atoms with Gasteiger partial charge in [0.2, 0.25) is 0 Å². The van der Waals surface area contributed by atoms with Crippen molar-refractivity contribution in [2.24, 2.45) is 0 Å². The van der Waals surface area contributed by atoms with Gasteiger partial charge in [-0.15, -0.1) is 0 Å². The fraction of sp³-hybridized carbons (Fsp3) is 0.455. The first-order valence-corrected chi connectivity index (χ1v) is 10.2. The van der Waals surface area contributed by atoms with Gasteiger partial charge in [0, 0.05) is 48.9 Å². The molecule has 0 radical (unpaired) electrons. The van der Waals surface area contributed by atoms with Crippen molar-refractivity contribution in [1.29, 1.82) is 0 Å². The zero-order chi connectivity index (χ0) is 19.0. The summed E-state index contributed by atoms with van der Waals surface area (Å²) in [5.41, 5.74) is 5.05. The van der Waals surface area contributed by atoms with Crippen LogP contribution in [-0.4, -0.2) is 41.0 Å². The Morgan fingerprint density at radius 3 is 2.48 bits per heavy atom. The average molecular weight is 383 g/mol. The molecule has 1 saturated heterocycles. The van der Waals surface area contributed by atoms with E-state index < -0.39 is 0 Å². The smallest absolute Gasteiger partial charge is 0.135 e. The molecular formula is C22H27ClN4. The lowest BCUT2D eigenvalue weighted by Gasteiger charge is -2.38. The minimum Gasteiger partial charge on any atom is -0.371 e. The van der Waals surface area contributed by atoms with Crippen LogP contribution >= 0.6 is 11.6 Å². The van der Waals surface area contributed by atoms with E-state index in [1.165, 1.54) is 28.9 Å². The number of hydrogen-bond donors (Lipinski definition) is 0. The maximum atomic E-state index is 5.98. The Hall–Kier alpha value is -2.07. The third kappa shape index (κ3) is 3.68. The third-order valence-corrected chi connectivity index (χ3v) is 6.16. The van der Waals surface area contributed by atoms with Crippen molar-refractivity contribution >= 4 is 17.4 Å². The van der Waals surface area contributed by atoms with Crippen LogP contribution in [0.1, 0.15) is 48.9 Å². The van der Waals surface area contributed by atoms with Crippen molar-refractivity contribution in [2.75, 3.05) is 31.1 Å². The summed E-state index contributed by atoms with van der Waals surface area (Å²) >= 11 is 5.98. The standard InChI is InChI=1S/C22H27ClN4/c1-15-12-16(2)21-20(15)22(25-14-24-21)27-10-8-26(9-11-27)17(3)13-18-4-6-19(23)7-5-18/h4-7,14-16H,3,8-13H2,1-2H3/t15?,16-/m1/s1. The molecule has 1 fully saturated rings. The van der Waals surface area contributed by atoms with Crippen LogP contribution < -0.4 is 4.90 Å². The van der Waals surface area contributed by atoms with Crippen LogP contribution in [0, 0.1) is 0 Å². The SMILES string of the molecule is C=C(Cc1ccc(Cl)cc1)N1CCN(c2ncnc3c2C(C)C[C@H]3C)CC1. The summed E-state index contributed by atoms with van der Waals surface area (Å²) in [7, 11) is 0. The zero-order valence-corrected chi connectivity index (χ0v) is 16.9. The molecule has 4 nitrogen and oxygen atoms in total. The molecule has 0 saturated carbocycles. The maximum Gasteiger partial charge on any atom is 0.135 e. The van der Waals surface area contributed by atoms with Gasteiger partial charge in [0.15, 0.2) is 0 Å². The Morgan fingerprint density at radius 2 is 1.78 bits per heavy atom. The van der Waals surface area contributed by atoms with Crippen LogP contribution in [-0.2, 0) is 6.42 Å². The number of benzene rings is 1. The molecule has 1 unspecified atom stereocenters. The molecule has 0 spiro atoms. The number of fused-ring (bicyclic) bond motifs is 1. The molecule has 5 heteroatoms. The fourth-order valence-electron chi connectivity index (χ4n) is 4.46. The highest BCUT2D eigenvalue weighted by molar-refractivity contribution is 6.30. The van der Waals surface area contributed by atoms with E-state index in [-0.39, 0.29) is 0 Å². The van der Waals surface area contributed by atoms with E-state index in [4.69, 9.17) is 11.6 Å². The summed E-state index contributed by atoms with van der Waals surface area (Å²) in [5.74, 6) is 2.24. The predicted molar refractivity (Wildman–Crippen MR) is 112 cm³/mol. The van der Waals surface area contributed by atoms with Crippen molar-refractivity contribution in [2.45, 2.75) is 38.5 Å². The number of rotatable bonds is 4. The number of piperazine rings is 1. The van der Waals surface area contributed by atoms with Crippen molar-refractivity contribution in [1.82, 2.24) is 14.9 Å². The first kappa shape index (κ1) is 18.3. The van der Waals surface area contributed by atoms with Gasteiger partial charge in [-0.25, -0.2) is 9.97 Å². The van der Waals surface area contributed by atoms with E-state index in [9.17, 15) is 0 Å². The van der Waals surface area contributed by atoms with Gasteiger partial charge >= 0.3 is 0 Å². The first-order chi connectivity index (χ1) is 13.0. The summed E-state index contributed by atoms with van der Waals surface area (Å²) in [4.78, 5) is 14.1. The molecule has 1 aromatic carbocycles. The minimum atomic E-state index is 0.539. The predicted octanol–water partition coefficient (Wildman–Crippen LogP) is 4.62. The molecule has 2 heterocycles. The molecule has 27 heavy (non-hydrogen) atoms. The molecule has 142 valence electrons. The monoisotopic (exact) mass is 382 g/mol. The number of hydrogen-bond acceptors (Lipinski definition) is 4. The second-order valence-electron chi connectivity index (χ2n) is 7.88. The molecule has 1 aromatic heterocycles. The molecule has 0 amide bonds. The Labute approximate surface area is 166 Å². The highest BCUT2D eigenvalue weighted by Gasteiger charge is 2.32. The van der Waals surface area contributed by atoms with Crippen molar-refractivity contribution in [3.63, 3.8) is 0 Å². The Bertz CT molecular complexity index is 825. The highest BCUT2D eigenvalue weighted by Crippen LogP contribution is 2.43. The van der Waals surface area contributed by atoms with E-state index in [2.05, 4.69) is 52.3 Å². The molecule has 0 bridgehead atoms. The number of halogens is 1. The molecule has 4 rings (SSSR count). The van der Waals surface area contributed by atoms with Gasteiger partial charge in [-0.3, -0.25) is 0 Å². The van der Waals surface area contributed by atoms with Gasteiger partial charge in [-0.1, -0.05) is 44.2 Å². The van der Waals surface area contributed by atoms with Crippen LogP contribution in [0.15, 0.2) is 42.9 Å². The summed E-state index contributed by atoms with van der Waals surface area (Å²) < 4.78 is 0. The number of anilines is 1. The van der Waals surface area contributed by atoms with Crippen LogP contribution in [0.4, 0.5) is 5.82 Å². The minimum absolute atomic E-state index is 0.539. The van der Waals surface area contributed by atoms with Gasteiger partial charge in [0.1, 0.15) is 12.1 Å². The number of aromatic nitrogens is 2. The van der Waals surface area contributed by atoms with Gasteiger partial charge in [-0.2, -0.15) is 0 Å². The lowest BCUT2D eigenvalue weighted by Crippen LogP contribution is -2.46. The van der Waals surface area contributed by atoms with E-state index in [1.54, 1.807) is 6.33 Å². The van der Waals surface area contributed by atoms with Crippen LogP contribution in [0.2, 0.25) is 5.02 Å². The van der Waals surface area contributed by atoms with E-state index in [0.717, 1.165) is 43.4 Å². The van der Waals surface area contributed by atoms with Gasteiger partial charge in [0.25, 0.3) is 0 Å². The molecule has 1 aliphatic heterocycles. The quantitative estimate of drug-likeness (QED) is 0.772. The van der Waals surface area contributed by atoms with Crippen LogP contribution in [0.3, 0.4) is 0 Å². The van der Waals surface area contributed by atoms with Crippen molar-refractivity contribution < 1.29 is 0 Å². The molecule has 2 atom stereocenters. The maximum absolute atomic E-state index is 5.98. The van der Waals surface area contributed by atoms with E-state index >= 15 is 0 Å². The molecule has 0 N–H and O–H groups in total. The molecular weight excluding hydrogens is 356 g/mol. The summed E-state index contributed by atoms with van der Waals surface area (Å²) in [5, 5.41) is 0.777.